The Balaban J connectivity index is 1.65. The predicted octanol–water partition coefficient (Wildman–Crippen LogP) is 4.81. The number of halogens is 3. The second-order valence-electron chi connectivity index (χ2n) is 8.01. The van der Waals surface area contributed by atoms with Gasteiger partial charge >= 0.3 is 5.69 Å². The Morgan fingerprint density at radius 2 is 1.63 bits per heavy atom. The van der Waals surface area contributed by atoms with E-state index in [1.54, 1.807) is 22.8 Å². The van der Waals surface area contributed by atoms with E-state index in [4.69, 9.17) is 23.2 Å². The summed E-state index contributed by atoms with van der Waals surface area (Å²) in [6.07, 6.45) is 5.93. The van der Waals surface area contributed by atoms with Gasteiger partial charge in [-0.15, -0.1) is 0 Å². The van der Waals surface area contributed by atoms with Crippen molar-refractivity contribution in [1.29, 1.82) is 0 Å². The maximum absolute atomic E-state index is 13.5. The van der Waals surface area contributed by atoms with Gasteiger partial charge in [0.15, 0.2) is 0 Å². The van der Waals surface area contributed by atoms with Crippen LogP contribution in [0, 0.1) is 5.82 Å². The van der Waals surface area contributed by atoms with Gasteiger partial charge in [-0.2, -0.15) is 0 Å². The molecule has 0 N–H and O–H groups in total. The first kappa shape index (κ1) is 21.2. The van der Waals surface area contributed by atoms with E-state index in [0.29, 0.717) is 23.0 Å². The lowest BCUT2D eigenvalue weighted by atomic mass is 9.80. The Hall–Kier alpha value is -2.08. The van der Waals surface area contributed by atoms with Crippen molar-refractivity contribution in [2.75, 3.05) is 20.1 Å². The number of rotatable bonds is 5. The first-order valence-corrected chi connectivity index (χ1v) is 10.8. The van der Waals surface area contributed by atoms with Crippen LogP contribution in [0.2, 0.25) is 10.0 Å². The van der Waals surface area contributed by atoms with Crippen LogP contribution in [0.3, 0.4) is 0 Å². The lowest BCUT2D eigenvalue weighted by Crippen LogP contribution is -2.49. The Bertz CT molecular complexity index is 1060. The third-order valence-corrected chi connectivity index (χ3v) is 6.50. The van der Waals surface area contributed by atoms with Crippen molar-refractivity contribution in [2.45, 2.75) is 31.3 Å². The Labute approximate surface area is 185 Å². The van der Waals surface area contributed by atoms with E-state index in [9.17, 15) is 9.18 Å². The number of hydrogen-bond donors (Lipinski definition) is 0. The highest BCUT2D eigenvalue weighted by Gasteiger charge is 2.38. The van der Waals surface area contributed by atoms with Gasteiger partial charge in [0.1, 0.15) is 5.82 Å². The van der Waals surface area contributed by atoms with Crippen molar-refractivity contribution in [2.24, 2.45) is 0 Å². The fourth-order valence-corrected chi connectivity index (χ4v) is 4.90. The Kier molecular flexibility index (Phi) is 6.05. The maximum atomic E-state index is 13.5. The molecule has 30 heavy (non-hydrogen) atoms. The SMILES string of the molecule is CN1CCC(c2ccc(F)cc2)(n2ccn(CCc3cc(Cl)cc(Cl)c3)c2=O)CC1. The molecule has 4 rings (SSSR count). The van der Waals surface area contributed by atoms with E-state index in [1.807, 2.05) is 29.1 Å². The molecular formula is C23H24Cl2FN3O. The summed E-state index contributed by atoms with van der Waals surface area (Å²) in [5.74, 6) is -0.271. The normalized spacial score (nSPS) is 16.7. The highest BCUT2D eigenvalue weighted by Crippen LogP contribution is 2.36. The van der Waals surface area contributed by atoms with E-state index in [0.717, 1.165) is 37.1 Å². The van der Waals surface area contributed by atoms with E-state index >= 15 is 0 Å². The minimum atomic E-state index is -0.470. The molecule has 1 aliphatic heterocycles. The lowest BCUT2D eigenvalue weighted by molar-refractivity contribution is 0.158. The molecule has 0 aliphatic carbocycles. The average molecular weight is 448 g/mol. The average Bonchev–Trinajstić information content (AvgIpc) is 3.08. The summed E-state index contributed by atoms with van der Waals surface area (Å²) in [6, 6.07) is 12.0. The van der Waals surface area contributed by atoms with Crippen molar-refractivity contribution in [1.82, 2.24) is 14.0 Å². The first-order valence-electron chi connectivity index (χ1n) is 10.1. The van der Waals surface area contributed by atoms with Crippen LogP contribution in [0.25, 0.3) is 0 Å². The standard InChI is InChI=1S/C23H24Cl2FN3O/c1-27-10-7-23(8-11-27,18-2-4-21(26)5-3-18)29-13-12-28(22(29)30)9-6-17-14-19(24)16-20(25)15-17/h2-5,12-16H,6-11H2,1H3. The van der Waals surface area contributed by atoms with E-state index in [-0.39, 0.29) is 11.5 Å². The van der Waals surface area contributed by atoms with Crippen molar-refractivity contribution in [3.63, 3.8) is 0 Å². The smallest absolute Gasteiger partial charge is 0.306 e. The number of aryl methyl sites for hydroxylation is 2. The zero-order valence-corrected chi connectivity index (χ0v) is 18.3. The molecule has 0 unspecified atom stereocenters. The number of nitrogens with zero attached hydrogens (tertiary/aromatic N) is 3. The molecule has 4 nitrogen and oxygen atoms in total. The summed E-state index contributed by atoms with van der Waals surface area (Å²) in [7, 11) is 2.08. The van der Waals surface area contributed by atoms with Gasteiger partial charge in [0, 0.05) is 42.1 Å². The van der Waals surface area contributed by atoms with Gasteiger partial charge in [0.2, 0.25) is 0 Å². The first-order chi connectivity index (χ1) is 14.4. The van der Waals surface area contributed by atoms with Gasteiger partial charge in [0.05, 0.1) is 5.54 Å². The van der Waals surface area contributed by atoms with Gasteiger partial charge in [0.25, 0.3) is 0 Å². The number of hydrogen-bond acceptors (Lipinski definition) is 2. The molecule has 0 amide bonds. The monoisotopic (exact) mass is 447 g/mol. The van der Waals surface area contributed by atoms with E-state index in [1.165, 1.54) is 12.1 Å². The molecule has 0 bridgehead atoms. The van der Waals surface area contributed by atoms with Crippen LogP contribution >= 0.6 is 23.2 Å². The van der Waals surface area contributed by atoms with Crippen LogP contribution in [0.4, 0.5) is 4.39 Å². The molecule has 3 aromatic rings. The van der Waals surface area contributed by atoms with Gasteiger partial charge in [-0.25, -0.2) is 9.18 Å². The second-order valence-corrected chi connectivity index (χ2v) is 8.89. The minimum absolute atomic E-state index is 0.0583. The summed E-state index contributed by atoms with van der Waals surface area (Å²) in [4.78, 5) is 15.6. The predicted molar refractivity (Wildman–Crippen MR) is 119 cm³/mol. The minimum Gasteiger partial charge on any atom is -0.306 e. The molecule has 0 spiro atoms. The molecule has 2 aromatic carbocycles. The molecule has 1 saturated heterocycles. The zero-order chi connectivity index (χ0) is 21.3. The van der Waals surface area contributed by atoms with Crippen LogP contribution in [0.1, 0.15) is 24.0 Å². The van der Waals surface area contributed by atoms with Crippen molar-refractivity contribution in [3.05, 3.63) is 92.3 Å². The molecule has 0 atom stereocenters. The van der Waals surface area contributed by atoms with Crippen LogP contribution < -0.4 is 5.69 Å². The molecule has 7 heteroatoms. The lowest BCUT2D eigenvalue weighted by Gasteiger charge is -2.41. The quantitative estimate of drug-likeness (QED) is 0.561. The maximum Gasteiger partial charge on any atom is 0.328 e. The number of benzene rings is 2. The third kappa shape index (κ3) is 4.20. The third-order valence-electron chi connectivity index (χ3n) is 6.07. The molecule has 2 heterocycles. The number of imidazole rings is 1. The summed E-state index contributed by atoms with van der Waals surface area (Å²) in [5.41, 5.74) is 1.43. The number of aromatic nitrogens is 2. The molecule has 1 aromatic heterocycles. The van der Waals surface area contributed by atoms with Gasteiger partial charge in [-0.1, -0.05) is 35.3 Å². The van der Waals surface area contributed by atoms with Gasteiger partial charge in [-0.05, 0) is 67.8 Å². The van der Waals surface area contributed by atoms with Crippen molar-refractivity contribution in [3.8, 4) is 0 Å². The zero-order valence-electron chi connectivity index (χ0n) is 16.8. The second kappa shape index (κ2) is 8.58. The van der Waals surface area contributed by atoms with Crippen molar-refractivity contribution >= 4 is 23.2 Å². The van der Waals surface area contributed by atoms with Crippen molar-refractivity contribution < 1.29 is 4.39 Å². The number of piperidine rings is 1. The van der Waals surface area contributed by atoms with Gasteiger partial charge < -0.3 is 4.90 Å². The van der Waals surface area contributed by atoms with Crippen LogP contribution in [-0.2, 0) is 18.5 Å². The van der Waals surface area contributed by atoms with Crippen LogP contribution in [0.5, 0.6) is 0 Å². The summed E-state index contributed by atoms with van der Waals surface area (Å²) < 4.78 is 17.1. The molecule has 1 aliphatic rings. The van der Waals surface area contributed by atoms with E-state index < -0.39 is 5.54 Å². The Morgan fingerprint density at radius 1 is 1.00 bits per heavy atom. The van der Waals surface area contributed by atoms with E-state index in [2.05, 4.69) is 11.9 Å². The molecule has 0 saturated carbocycles. The largest absolute Gasteiger partial charge is 0.328 e. The van der Waals surface area contributed by atoms with Crippen LogP contribution in [-0.4, -0.2) is 34.2 Å². The molecule has 0 radical (unpaired) electrons. The fourth-order valence-electron chi connectivity index (χ4n) is 4.33. The summed E-state index contributed by atoms with van der Waals surface area (Å²) >= 11 is 12.2. The summed E-state index contributed by atoms with van der Waals surface area (Å²) in [5, 5.41) is 1.17. The summed E-state index contributed by atoms with van der Waals surface area (Å²) in [6.45, 7) is 2.27. The Morgan fingerprint density at radius 3 is 2.27 bits per heavy atom. The molecule has 158 valence electrons. The molecule has 1 fully saturated rings. The highest BCUT2D eigenvalue weighted by atomic mass is 35.5. The van der Waals surface area contributed by atoms with Gasteiger partial charge in [-0.3, -0.25) is 9.13 Å². The highest BCUT2D eigenvalue weighted by molar-refractivity contribution is 6.34. The topological polar surface area (TPSA) is 30.2 Å². The molecular weight excluding hydrogens is 424 g/mol. The van der Waals surface area contributed by atoms with Crippen LogP contribution in [0.15, 0.2) is 59.7 Å². The number of likely N-dealkylation sites (tertiary alicyclic amines) is 1. The fraction of sp³-hybridized carbons (Fsp3) is 0.348.